The van der Waals surface area contributed by atoms with Crippen LogP contribution in [0.5, 0.6) is 0 Å². The number of benzene rings is 1. The number of methoxy groups -OCH3 is 2. The number of hydrogen-bond donors (Lipinski definition) is 2. The fourth-order valence-electron chi connectivity index (χ4n) is 4.61. The molecule has 10 nitrogen and oxygen atoms in total. The molecule has 3 rings (SSSR count). The second kappa shape index (κ2) is 10.7. The maximum atomic E-state index is 13.1. The van der Waals surface area contributed by atoms with Gasteiger partial charge in [0.2, 0.25) is 17.7 Å². The van der Waals surface area contributed by atoms with Crippen LogP contribution in [0.15, 0.2) is 18.2 Å². The molecular formula is C24H31N3O7. The van der Waals surface area contributed by atoms with Gasteiger partial charge < -0.3 is 25.0 Å². The highest BCUT2D eigenvalue weighted by molar-refractivity contribution is 6.01. The fraction of sp³-hybridized carbons (Fsp3) is 0.542. The van der Waals surface area contributed by atoms with Gasteiger partial charge in [-0.25, -0.2) is 9.59 Å². The van der Waals surface area contributed by atoms with Crippen LogP contribution < -0.4 is 10.6 Å². The molecule has 184 valence electrons. The van der Waals surface area contributed by atoms with Gasteiger partial charge in [0, 0.05) is 17.6 Å². The maximum absolute atomic E-state index is 13.1. The molecule has 1 saturated carbocycles. The van der Waals surface area contributed by atoms with Crippen LogP contribution in [0.2, 0.25) is 0 Å². The smallest absolute Gasteiger partial charge is 0.337 e. The summed E-state index contributed by atoms with van der Waals surface area (Å²) < 4.78 is 9.42. The molecule has 3 atom stereocenters. The zero-order chi connectivity index (χ0) is 25.0. The van der Waals surface area contributed by atoms with Gasteiger partial charge in [0.25, 0.3) is 0 Å². The lowest BCUT2D eigenvalue weighted by molar-refractivity contribution is -0.154. The second-order valence-corrected chi connectivity index (χ2v) is 8.92. The predicted molar refractivity (Wildman–Crippen MR) is 122 cm³/mol. The highest BCUT2D eigenvalue weighted by atomic mass is 16.5. The van der Waals surface area contributed by atoms with E-state index in [-0.39, 0.29) is 53.1 Å². The molecule has 2 aliphatic rings. The van der Waals surface area contributed by atoms with Crippen molar-refractivity contribution in [3.8, 4) is 0 Å². The number of rotatable bonds is 6. The van der Waals surface area contributed by atoms with Crippen LogP contribution in [-0.2, 0) is 23.9 Å². The average Bonchev–Trinajstić information content (AvgIpc) is 2.82. The summed E-state index contributed by atoms with van der Waals surface area (Å²) in [4.78, 5) is 64.6. The van der Waals surface area contributed by atoms with E-state index in [1.807, 2.05) is 0 Å². The number of amides is 3. The molecule has 0 radical (unpaired) electrons. The van der Waals surface area contributed by atoms with E-state index < -0.39 is 23.9 Å². The van der Waals surface area contributed by atoms with Crippen molar-refractivity contribution in [2.45, 2.75) is 64.1 Å². The largest absolute Gasteiger partial charge is 0.465 e. The zero-order valence-corrected chi connectivity index (χ0v) is 19.9. The molecule has 34 heavy (non-hydrogen) atoms. The number of nitrogens with one attached hydrogen (secondary N) is 2. The Kier molecular flexibility index (Phi) is 7.90. The van der Waals surface area contributed by atoms with E-state index >= 15 is 0 Å². The Morgan fingerprint density at radius 3 is 2.18 bits per heavy atom. The molecule has 1 saturated heterocycles. The number of ether oxygens (including phenoxy) is 2. The molecule has 1 aliphatic heterocycles. The van der Waals surface area contributed by atoms with Crippen LogP contribution in [0.3, 0.4) is 0 Å². The van der Waals surface area contributed by atoms with Gasteiger partial charge in [-0.1, -0.05) is 26.7 Å². The molecular weight excluding hydrogens is 442 g/mol. The summed E-state index contributed by atoms with van der Waals surface area (Å²) in [5, 5.41) is 5.63. The first-order valence-corrected chi connectivity index (χ1v) is 11.4. The van der Waals surface area contributed by atoms with Crippen molar-refractivity contribution in [2.24, 2.45) is 5.92 Å². The van der Waals surface area contributed by atoms with Crippen LogP contribution in [0.25, 0.3) is 0 Å². The molecule has 1 heterocycles. The van der Waals surface area contributed by atoms with Crippen LogP contribution in [0, 0.1) is 5.92 Å². The van der Waals surface area contributed by atoms with Crippen molar-refractivity contribution in [3.05, 3.63) is 29.3 Å². The van der Waals surface area contributed by atoms with Gasteiger partial charge >= 0.3 is 11.9 Å². The number of anilines is 1. The number of fused-ring (bicyclic) bond motifs is 1. The number of piperazine rings is 1. The van der Waals surface area contributed by atoms with Crippen LogP contribution in [0.4, 0.5) is 5.69 Å². The minimum atomic E-state index is -0.946. The first kappa shape index (κ1) is 25.2. The number of carbonyl (C=O) groups is 5. The molecule has 1 aromatic carbocycles. The summed E-state index contributed by atoms with van der Waals surface area (Å²) in [5.74, 6) is -2.75. The van der Waals surface area contributed by atoms with Gasteiger partial charge in [-0.3, -0.25) is 14.4 Å². The lowest BCUT2D eigenvalue weighted by Crippen LogP contribution is -2.68. The Hall–Kier alpha value is -3.43. The number of hydrogen-bond acceptors (Lipinski definition) is 7. The van der Waals surface area contributed by atoms with E-state index in [0.29, 0.717) is 0 Å². The van der Waals surface area contributed by atoms with Gasteiger partial charge in [-0.05, 0) is 31.0 Å². The third-order valence-electron chi connectivity index (χ3n) is 6.24. The third-order valence-corrected chi connectivity index (χ3v) is 6.24. The van der Waals surface area contributed by atoms with E-state index in [2.05, 4.69) is 10.6 Å². The Morgan fingerprint density at radius 1 is 1.03 bits per heavy atom. The fourth-order valence-corrected chi connectivity index (χ4v) is 4.61. The molecule has 0 unspecified atom stereocenters. The lowest BCUT2D eigenvalue weighted by atomic mass is 9.84. The second-order valence-electron chi connectivity index (χ2n) is 8.92. The summed E-state index contributed by atoms with van der Waals surface area (Å²) in [7, 11) is 2.40. The van der Waals surface area contributed by atoms with E-state index in [1.54, 1.807) is 18.7 Å². The molecule has 1 aromatic rings. The van der Waals surface area contributed by atoms with Crippen LogP contribution >= 0.6 is 0 Å². The zero-order valence-electron chi connectivity index (χ0n) is 19.9. The minimum absolute atomic E-state index is 0.0535. The third kappa shape index (κ3) is 5.37. The number of esters is 2. The van der Waals surface area contributed by atoms with E-state index in [1.165, 1.54) is 32.4 Å². The molecule has 0 aromatic heterocycles. The summed E-state index contributed by atoms with van der Waals surface area (Å²) in [6, 6.07) is 2.83. The Morgan fingerprint density at radius 2 is 1.62 bits per heavy atom. The topological polar surface area (TPSA) is 131 Å². The molecule has 2 N–H and O–H groups in total. The number of nitrogens with zero attached hydrogens (tertiary/aromatic N) is 1. The van der Waals surface area contributed by atoms with Crippen LogP contribution in [0.1, 0.15) is 66.7 Å². The Balaban J connectivity index is 1.84. The highest BCUT2D eigenvalue weighted by Gasteiger charge is 2.46. The van der Waals surface area contributed by atoms with Gasteiger partial charge in [-0.15, -0.1) is 0 Å². The quantitative estimate of drug-likeness (QED) is 0.603. The van der Waals surface area contributed by atoms with Crippen molar-refractivity contribution in [3.63, 3.8) is 0 Å². The molecule has 2 fully saturated rings. The normalized spacial score (nSPS) is 21.9. The first-order valence-electron chi connectivity index (χ1n) is 11.4. The monoisotopic (exact) mass is 473 g/mol. The molecule has 0 bridgehead atoms. The SMILES string of the molecule is COC(=O)c1cc(NC(=O)C[C@@H]2C(=O)N[C@@H]3CCCC[C@H]3N2C(=O)C(C)C)cc(C(=O)OC)c1. The van der Waals surface area contributed by atoms with E-state index in [9.17, 15) is 24.0 Å². The first-order chi connectivity index (χ1) is 16.2. The van der Waals surface area contributed by atoms with E-state index in [4.69, 9.17) is 9.47 Å². The maximum Gasteiger partial charge on any atom is 0.337 e. The average molecular weight is 474 g/mol. The number of carbonyl (C=O) groups excluding carboxylic acids is 5. The van der Waals surface area contributed by atoms with E-state index in [0.717, 1.165) is 25.7 Å². The summed E-state index contributed by atoms with van der Waals surface area (Å²) in [5.41, 5.74) is 0.275. The lowest BCUT2D eigenvalue weighted by Gasteiger charge is -2.48. The van der Waals surface area contributed by atoms with Crippen molar-refractivity contribution >= 4 is 35.3 Å². The van der Waals surface area contributed by atoms with Crippen molar-refractivity contribution in [1.82, 2.24) is 10.2 Å². The molecule has 3 amide bonds. The molecule has 10 heteroatoms. The Labute approximate surface area is 198 Å². The van der Waals surface area contributed by atoms with Crippen molar-refractivity contribution in [1.29, 1.82) is 0 Å². The minimum Gasteiger partial charge on any atom is -0.465 e. The summed E-state index contributed by atoms with van der Waals surface area (Å²) >= 11 is 0. The van der Waals surface area contributed by atoms with Crippen molar-refractivity contribution < 1.29 is 33.4 Å². The standard InChI is InChI=1S/C24H31N3O7/c1-13(2)22(30)27-18-8-6-5-7-17(18)26-21(29)19(27)12-20(28)25-16-10-14(23(31)33-3)9-15(11-16)24(32)34-4/h9-11,13,17-19H,5-8,12H2,1-4H3,(H,25,28)(H,26,29)/t17-,18-,19-/m1/s1. The predicted octanol–water partition coefficient (Wildman–Crippen LogP) is 1.88. The van der Waals surface area contributed by atoms with Crippen molar-refractivity contribution in [2.75, 3.05) is 19.5 Å². The van der Waals surface area contributed by atoms with Gasteiger partial charge in [0.05, 0.1) is 37.8 Å². The van der Waals surface area contributed by atoms with Gasteiger partial charge in [-0.2, -0.15) is 0 Å². The molecule has 1 aliphatic carbocycles. The molecule has 0 spiro atoms. The van der Waals surface area contributed by atoms with Gasteiger partial charge in [0.15, 0.2) is 0 Å². The summed E-state index contributed by atoms with van der Waals surface area (Å²) in [6.07, 6.45) is 3.24. The highest BCUT2D eigenvalue weighted by Crippen LogP contribution is 2.31. The Bertz CT molecular complexity index is 957. The van der Waals surface area contributed by atoms with Crippen LogP contribution in [-0.4, -0.2) is 66.9 Å². The van der Waals surface area contributed by atoms with Gasteiger partial charge in [0.1, 0.15) is 6.04 Å². The summed E-state index contributed by atoms with van der Waals surface area (Å²) in [6.45, 7) is 3.55.